The third-order valence-electron chi connectivity index (χ3n) is 3.39. The summed E-state index contributed by atoms with van der Waals surface area (Å²) in [4.78, 5) is 25.0. The number of aliphatic carboxylic acids is 1. The minimum absolute atomic E-state index is 0.0329. The first-order valence-corrected chi connectivity index (χ1v) is 6.66. The largest absolute Gasteiger partial charge is 0.479 e. The topological polar surface area (TPSA) is 95.7 Å². The number of likely N-dealkylation sites (tertiary alicyclic amines) is 1. The van der Waals surface area contributed by atoms with Crippen LogP contribution in [0.15, 0.2) is 30.3 Å². The van der Waals surface area contributed by atoms with Crippen molar-refractivity contribution in [1.82, 2.24) is 10.2 Å². The van der Waals surface area contributed by atoms with Gasteiger partial charge in [0, 0.05) is 19.1 Å². The average molecular weight is 277 g/mol. The second-order valence-electron chi connectivity index (χ2n) is 4.98. The molecular formula is C14H19N3O3. The molecule has 20 heavy (non-hydrogen) atoms. The molecule has 2 unspecified atom stereocenters. The van der Waals surface area contributed by atoms with E-state index in [1.165, 1.54) is 0 Å². The van der Waals surface area contributed by atoms with Gasteiger partial charge in [-0.2, -0.15) is 0 Å². The standard InChI is InChI=1S/C14H19N3O3/c15-11-7-4-8-17(9-11)14(20)16-12(13(18)19)10-5-2-1-3-6-10/h1-3,5-6,11-12H,4,7-9,15H2,(H,16,20)(H,18,19). The van der Waals surface area contributed by atoms with E-state index in [2.05, 4.69) is 5.32 Å². The highest BCUT2D eigenvalue weighted by molar-refractivity contribution is 5.83. The van der Waals surface area contributed by atoms with E-state index in [1.54, 1.807) is 35.2 Å². The molecule has 1 fully saturated rings. The minimum Gasteiger partial charge on any atom is -0.479 e. The normalized spacial score (nSPS) is 20.2. The van der Waals surface area contributed by atoms with E-state index in [4.69, 9.17) is 5.73 Å². The van der Waals surface area contributed by atoms with Gasteiger partial charge in [-0.15, -0.1) is 0 Å². The second-order valence-corrected chi connectivity index (χ2v) is 4.98. The Labute approximate surface area is 117 Å². The fourth-order valence-electron chi connectivity index (χ4n) is 2.34. The van der Waals surface area contributed by atoms with Crippen molar-refractivity contribution in [2.75, 3.05) is 13.1 Å². The van der Waals surface area contributed by atoms with E-state index in [9.17, 15) is 14.7 Å². The Balaban J connectivity index is 2.05. The number of nitrogens with zero attached hydrogens (tertiary/aromatic N) is 1. The third kappa shape index (κ3) is 3.48. The summed E-state index contributed by atoms with van der Waals surface area (Å²) in [7, 11) is 0. The molecule has 6 heteroatoms. The Bertz CT molecular complexity index is 478. The number of nitrogens with two attached hydrogens (primary N) is 1. The number of carbonyl (C=O) groups excluding carboxylic acids is 1. The third-order valence-corrected chi connectivity index (χ3v) is 3.39. The number of rotatable bonds is 3. The number of amides is 2. The van der Waals surface area contributed by atoms with Gasteiger partial charge in [0.25, 0.3) is 0 Å². The van der Waals surface area contributed by atoms with Crippen LogP contribution in [0, 0.1) is 0 Å². The lowest BCUT2D eigenvalue weighted by Crippen LogP contribution is -2.51. The lowest BCUT2D eigenvalue weighted by atomic mass is 10.1. The molecule has 108 valence electrons. The summed E-state index contributed by atoms with van der Waals surface area (Å²) in [5.41, 5.74) is 6.38. The zero-order valence-electron chi connectivity index (χ0n) is 11.2. The van der Waals surface area contributed by atoms with E-state index in [-0.39, 0.29) is 12.1 Å². The monoisotopic (exact) mass is 277 g/mol. The molecule has 6 nitrogen and oxygen atoms in total. The second kappa shape index (κ2) is 6.38. The number of carbonyl (C=O) groups is 2. The molecule has 2 amide bonds. The fourth-order valence-corrected chi connectivity index (χ4v) is 2.34. The van der Waals surface area contributed by atoms with Crippen LogP contribution in [0.5, 0.6) is 0 Å². The van der Waals surface area contributed by atoms with Crippen molar-refractivity contribution in [1.29, 1.82) is 0 Å². The number of urea groups is 1. The molecular weight excluding hydrogens is 258 g/mol. The summed E-state index contributed by atoms with van der Waals surface area (Å²) in [6, 6.07) is 7.20. The van der Waals surface area contributed by atoms with Gasteiger partial charge in [0.1, 0.15) is 0 Å². The Kier molecular flexibility index (Phi) is 4.57. The van der Waals surface area contributed by atoms with E-state index in [0.717, 1.165) is 12.8 Å². The highest BCUT2D eigenvalue weighted by Gasteiger charge is 2.27. The maximum atomic E-state index is 12.1. The van der Waals surface area contributed by atoms with Gasteiger partial charge >= 0.3 is 12.0 Å². The zero-order chi connectivity index (χ0) is 14.5. The number of carboxylic acid groups (broad SMARTS) is 1. The molecule has 1 aromatic rings. The van der Waals surface area contributed by atoms with Crippen LogP contribution in [0.25, 0.3) is 0 Å². The SMILES string of the molecule is NC1CCCN(C(=O)NC(C(=O)O)c2ccccc2)C1. The smallest absolute Gasteiger partial charge is 0.330 e. The van der Waals surface area contributed by atoms with Crippen LogP contribution in [-0.4, -0.2) is 41.1 Å². The predicted octanol–water partition coefficient (Wildman–Crippen LogP) is 0.945. The first-order chi connectivity index (χ1) is 9.58. The van der Waals surface area contributed by atoms with Crippen LogP contribution in [-0.2, 0) is 4.79 Å². The zero-order valence-corrected chi connectivity index (χ0v) is 11.2. The van der Waals surface area contributed by atoms with Crippen molar-refractivity contribution in [3.05, 3.63) is 35.9 Å². The average Bonchev–Trinajstić information content (AvgIpc) is 2.45. The Morgan fingerprint density at radius 2 is 2.05 bits per heavy atom. The van der Waals surface area contributed by atoms with Crippen LogP contribution < -0.4 is 11.1 Å². The minimum atomic E-state index is -1.08. The van der Waals surface area contributed by atoms with Gasteiger partial charge in [-0.3, -0.25) is 0 Å². The predicted molar refractivity (Wildman–Crippen MR) is 74.1 cm³/mol. The summed E-state index contributed by atoms with van der Waals surface area (Å²) >= 11 is 0. The van der Waals surface area contributed by atoms with Crippen molar-refractivity contribution in [3.63, 3.8) is 0 Å². The summed E-state index contributed by atoms with van der Waals surface area (Å²) in [6.07, 6.45) is 1.74. The molecule has 0 radical (unpaired) electrons. The quantitative estimate of drug-likeness (QED) is 0.766. The van der Waals surface area contributed by atoms with Crippen molar-refractivity contribution >= 4 is 12.0 Å². The lowest BCUT2D eigenvalue weighted by Gasteiger charge is -2.31. The summed E-state index contributed by atoms with van der Waals surface area (Å²) in [5, 5.41) is 11.8. The van der Waals surface area contributed by atoms with Gasteiger partial charge in [0.05, 0.1) is 0 Å². The molecule has 0 aliphatic carbocycles. The van der Waals surface area contributed by atoms with Gasteiger partial charge in [-0.1, -0.05) is 30.3 Å². The number of hydrogen-bond acceptors (Lipinski definition) is 3. The molecule has 1 aromatic carbocycles. The van der Waals surface area contributed by atoms with Crippen molar-refractivity contribution in [2.24, 2.45) is 5.73 Å². The maximum absolute atomic E-state index is 12.1. The van der Waals surface area contributed by atoms with Gasteiger partial charge in [0.2, 0.25) is 0 Å². The molecule has 1 aliphatic heterocycles. The van der Waals surface area contributed by atoms with Crippen molar-refractivity contribution in [2.45, 2.75) is 24.9 Å². The van der Waals surface area contributed by atoms with E-state index < -0.39 is 12.0 Å². The number of nitrogens with one attached hydrogen (secondary N) is 1. The molecule has 0 saturated carbocycles. The van der Waals surface area contributed by atoms with Crippen molar-refractivity contribution in [3.8, 4) is 0 Å². The van der Waals surface area contributed by atoms with Crippen LogP contribution in [0.3, 0.4) is 0 Å². The molecule has 4 N–H and O–H groups in total. The van der Waals surface area contributed by atoms with Crippen LogP contribution >= 0.6 is 0 Å². The number of piperidine rings is 1. The van der Waals surface area contributed by atoms with Gasteiger partial charge in [-0.25, -0.2) is 9.59 Å². The van der Waals surface area contributed by atoms with E-state index >= 15 is 0 Å². The summed E-state index contributed by atoms with van der Waals surface area (Å²) in [6.45, 7) is 1.08. The molecule has 1 aliphatic rings. The van der Waals surface area contributed by atoms with Crippen LogP contribution in [0.1, 0.15) is 24.4 Å². The van der Waals surface area contributed by atoms with Gasteiger partial charge in [0.15, 0.2) is 6.04 Å². The highest BCUT2D eigenvalue weighted by Crippen LogP contribution is 2.15. The number of carboxylic acids is 1. The molecule has 2 rings (SSSR count). The lowest BCUT2D eigenvalue weighted by molar-refractivity contribution is -0.139. The van der Waals surface area contributed by atoms with Gasteiger partial charge < -0.3 is 21.1 Å². The fraction of sp³-hybridized carbons (Fsp3) is 0.429. The molecule has 1 saturated heterocycles. The van der Waals surface area contributed by atoms with Gasteiger partial charge in [-0.05, 0) is 18.4 Å². The molecule has 2 atom stereocenters. The van der Waals surface area contributed by atoms with E-state index in [0.29, 0.717) is 18.7 Å². The Morgan fingerprint density at radius 3 is 2.65 bits per heavy atom. The molecule has 0 bridgehead atoms. The van der Waals surface area contributed by atoms with Crippen LogP contribution in [0.2, 0.25) is 0 Å². The molecule has 0 aromatic heterocycles. The number of hydrogen-bond donors (Lipinski definition) is 3. The first-order valence-electron chi connectivity index (χ1n) is 6.66. The Morgan fingerprint density at radius 1 is 1.35 bits per heavy atom. The number of benzene rings is 1. The first kappa shape index (κ1) is 14.3. The Hall–Kier alpha value is -2.08. The van der Waals surface area contributed by atoms with Crippen LogP contribution in [0.4, 0.5) is 4.79 Å². The highest BCUT2D eigenvalue weighted by atomic mass is 16.4. The molecule has 1 heterocycles. The van der Waals surface area contributed by atoms with E-state index in [1.807, 2.05) is 0 Å². The van der Waals surface area contributed by atoms with Crippen molar-refractivity contribution < 1.29 is 14.7 Å². The molecule has 0 spiro atoms. The summed E-state index contributed by atoms with van der Waals surface area (Å²) in [5.74, 6) is -1.08. The maximum Gasteiger partial charge on any atom is 0.330 e. The summed E-state index contributed by atoms with van der Waals surface area (Å²) < 4.78 is 0.